The number of halogens is 1. The van der Waals surface area contributed by atoms with E-state index in [0.717, 1.165) is 17.8 Å². The van der Waals surface area contributed by atoms with E-state index in [2.05, 4.69) is 15.7 Å². The van der Waals surface area contributed by atoms with E-state index in [-0.39, 0.29) is 17.7 Å². The SMILES string of the molecule is Cn1cc([C@H]2CNC[C@@H]2C(=O)Nc2ccc(Cl)cc2)cn1. The Morgan fingerprint density at radius 3 is 2.81 bits per heavy atom. The molecule has 2 heterocycles. The van der Waals surface area contributed by atoms with Crippen LogP contribution in [0.15, 0.2) is 36.7 Å². The predicted molar refractivity (Wildman–Crippen MR) is 82.4 cm³/mol. The number of anilines is 1. The summed E-state index contributed by atoms with van der Waals surface area (Å²) in [6, 6.07) is 7.15. The van der Waals surface area contributed by atoms with Gasteiger partial charge in [-0.1, -0.05) is 11.6 Å². The third-order valence-electron chi connectivity index (χ3n) is 3.82. The van der Waals surface area contributed by atoms with Crippen LogP contribution in [0, 0.1) is 5.92 Å². The van der Waals surface area contributed by atoms with Gasteiger partial charge >= 0.3 is 0 Å². The van der Waals surface area contributed by atoms with Gasteiger partial charge in [-0.2, -0.15) is 5.10 Å². The molecule has 0 radical (unpaired) electrons. The second kappa shape index (κ2) is 5.87. The second-order valence-corrected chi connectivity index (χ2v) is 5.75. The average molecular weight is 305 g/mol. The van der Waals surface area contributed by atoms with Gasteiger partial charge in [0.2, 0.25) is 5.91 Å². The Labute approximate surface area is 128 Å². The van der Waals surface area contributed by atoms with Gasteiger partial charge in [0.25, 0.3) is 0 Å². The molecule has 0 saturated carbocycles. The molecule has 1 saturated heterocycles. The van der Waals surface area contributed by atoms with Crippen molar-refractivity contribution in [3.05, 3.63) is 47.2 Å². The number of carbonyl (C=O) groups excluding carboxylic acids is 1. The van der Waals surface area contributed by atoms with Gasteiger partial charge < -0.3 is 10.6 Å². The van der Waals surface area contributed by atoms with Crippen molar-refractivity contribution in [1.82, 2.24) is 15.1 Å². The molecule has 0 spiro atoms. The summed E-state index contributed by atoms with van der Waals surface area (Å²) in [6.07, 6.45) is 3.81. The molecule has 3 rings (SSSR count). The molecule has 2 N–H and O–H groups in total. The van der Waals surface area contributed by atoms with Crippen LogP contribution in [0.3, 0.4) is 0 Å². The molecular weight excluding hydrogens is 288 g/mol. The lowest BCUT2D eigenvalue weighted by atomic mass is 9.90. The van der Waals surface area contributed by atoms with E-state index >= 15 is 0 Å². The molecule has 2 atom stereocenters. The van der Waals surface area contributed by atoms with Gasteiger partial charge in [-0.25, -0.2) is 0 Å². The minimum atomic E-state index is -0.0927. The monoisotopic (exact) mass is 304 g/mol. The van der Waals surface area contributed by atoms with E-state index < -0.39 is 0 Å². The number of aryl methyl sites for hydroxylation is 1. The van der Waals surface area contributed by atoms with E-state index in [1.807, 2.05) is 31.6 Å². The quantitative estimate of drug-likeness (QED) is 0.912. The van der Waals surface area contributed by atoms with Crippen molar-refractivity contribution < 1.29 is 4.79 Å². The fourth-order valence-corrected chi connectivity index (χ4v) is 2.83. The van der Waals surface area contributed by atoms with Crippen molar-refractivity contribution in [3.63, 3.8) is 0 Å². The molecule has 1 fully saturated rings. The molecule has 0 unspecified atom stereocenters. The lowest BCUT2D eigenvalue weighted by Gasteiger charge is -2.17. The van der Waals surface area contributed by atoms with Gasteiger partial charge in [-0.15, -0.1) is 0 Å². The smallest absolute Gasteiger partial charge is 0.229 e. The van der Waals surface area contributed by atoms with Gasteiger partial charge in [-0.3, -0.25) is 9.48 Å². The molecule has 1 amide bonds. The number of benzene rings is 1. The van der Waals surface area contributed by atoms with Crippen LogP contribution in [0.25, 0.3) is 0 Å². The molecule has 1 aromatic carbocycles. The molecule has 2 aromatic rings. The molecule has 110 valence electrons. The van der Waals surface area contributed by atoms with Crippen molar-refractivity contribution in [1.29, 1.82) is 0 Å². The Kier molecular flexibility index (Phi) is 3.94. The number of carbonyl (C=O) groups is 1. The van der Waals surface area contributed by atoms with Gasteiger partial charge in [0.05, 0.1) is 12.1 Å². The summed E-state index contributed by atoms with van der Waals surface area (Å²) in [5.41, 5.74) is 1.86. The molecule has 5 nitrogen and oxygen atoms in total. The fourth-order valence-electron chi connectivity index (χ4n) is 2.70. The predicted octanol–water partition coefficient (Wildman–Crippen LogP) is 2.02. The van der Waals surface area contributed by atoms with Crippen LogP contribution in [0.5, 0.6) is 0 Å². The topological polar surface area (TPSA) is 59.0 Å². The Hall–Kier alpha value is -1.85. The first-order valence-corrected chi connectivity index (χ1v) is 7.27. The fraction of sp³-hybridized carbons (Fsp3) is 0.333. The van der Waals surface area contributed by atoms with Gasteiger partial charge in [0.15, 0.2) is 0 Å². The Bertz CT molecular complexity index is 637. The largest absolute Gasteiger partial charge is 0.326 e. The van der Waals surface area contributed by atoms with Gasteiger partial charge in [-0.05, 0) is 29.8 Å². The van der Waals surface area contributed by atoms with Crippen molar-refractivity contribution in [2.45, 2.75) is 5.92 Å². The summed E-state index contributed by atoms with van der Waals surface area (Å²) < 4.78 is 1.77. The van der Waals surface area contributed by atoms with E-state index in [1.165, 1.54) is 0 Å². The molecule has 0 bridgehead atoms. The molecule has 0 aliphatic carbocycles. The standard InChI is InChI=1S/C15H17ClN4O/c1-20-9-10(6-18-20)13-7-17-8-14(13)15(21)19-12-4-2-11(16)3-5-12/h2-6,9,13-14,17H,7-8H2,1H3,(H,19,21)/t13-,14+/m1/s1. The first-order chi connectivity index (χ1) is 10.1. The number of amides is 1. The number of nitrogens with zero attached hydrogens (tertiary/aromatic N) is 2. The highest BCUT2D eigenvalue weighted by atomic mass is 35.5. The Balaban J connectivity index is 1.72. The number of hydrogen-bond donors (Lipinski definition) is 2. The molecule has 6 heteroatoms. The number of rotatable bonds is 3. The second-order valence-electron chi connectivity index (χ2n) is 5.31. The maximum absolute atomic E-state index is 12.5. The van der Waals surface area contributed by atoms with Crippen LogP contribution >= 0.6 is 11.6 Å². The van der Waals surface area contributed by atoms with Crippen LogP contribution in [0.4, 0.5) is 5.69 Å². The Morgan fingerprint density at radius 1 is 1.38 bits per heavy atom. The lowest BCUT2D eigenvalue weighted by Crippen LogP contribution is -2.28. The van der Waals surface area contributed by atoms with Crippen LogP contribution < -0.4 is 10.6 Å². The lowest BCUT2D eigenvalue weighted by molar-refractivity contribution is -0.119. The average Bonchev–Trinajstić information content (AvgIpc) is 3.09. The summed E-state index contributed by atoms with van der Waals surface area (Å²) in [5.74, 6) is 0.0899. The summed E-state index contributed by atoms with van der Waals surface area (Å²) in [5, 5.41) is 11.1. The number of aromatic nitrogens is 2. The van der Waals surface area contributed by atoms with Crippen LogP contribution in [0.2, 0.25) is 5.02 Å². The van der Waals surface area contributed by atoms with Crippen LogP contribution in [-0.2, 0) is 11.8 Å². The minimum absolute atomic E-state index is 0.0242. The first kappa shape index (κ1) is 14.1. The molecule has 1 aliphatic heterocycles. The highest BCUT2D eigenvalue weighted by Crippen LogP contribution is 2.29. The molecule has 21 heavy (non-hydrogen) atoms. The van der Waals surface area contributed by atoms with Crippen molar-refractivity contribution in [2.24, 2.45) is 13.0 Å². The zero-order valence-corrected chi connectivity index (χ0v) is 12.5. The Morgan fingerprint density at radius 2 is 2.14 bits per heavy atom. The first-order valence-electron chi connectivity index (χ1n) is 6.89. The van der Waals surface area contributed by atoms with Crippen molar-refractivity contribution in [2.75, 3.05) is 18.4 Å². The van der Waals surface area contributed by atoms with E-state index in [1.54, 1.807) is 16.8 Å². The highest BCUT2D eigenvalue weighted by Gasteiger charge is 2.34. The molecular formula is C15H17ClN4O. The summed E-state index contributed by atoms with van der Waals surface area (Å²) >= 11 is 5.85. The van der Waals surface area contributed by atoms with Crippen molar-refractivity contribution >= 4 is 23.2 Å². The maximum atomic E-state index is 12.5. The number of nitrogens with one attached hydrogen (secondary N) is 2. The van der Waals surface area contributed by atoms with Gasteiger partial charge in [0.1, 0.15) is 0 Å². The highest BCUT2D eigenvalue weighted by molar-refractivity contribution is 6.30. The number of hydrogen-bond acceptors (Lipinski definition) is 3. The molecule has 1 aromatic heterocycles. The van der Waals surface area contributed by atoms with E-state index in [9.17, 15) is 4.79 Å². The van der Waals surface area contributed by atoms with Crippen LogP contribution in [-0.4, -0.2) is 28.8 Å². The third-order valence-corrected chi connectivity index (χ3v) is 4.07. The van der Waals surface area contributed by atoms with E-state index in [0.29, 0.717) is 11.6 Å². The van der Waals surface area contributed by atoms with Crippen LogP contribution in [0.1, 0.15) is 11.5 Å². The zero-order chi connectivity index (χ0) is 14.8. The summed E-state index contributed by atoms with van der Waals surface area (Å²) in [6.45, 7) is 1.48. The van der Waals surface area contributed by atoms with Crippen molar-refractivity contribution in [3.8, 4) is 0 Å². The maximum Gasteiger partial charge on any atom is 0.229 e. The van der Waals surface area contributed by atoms with E-state index in [4.69, 9.17) is 11.6 Å². The zero-order valence-electron chi connectivity index (χ0n) is 11.7. The summed E-state index contributed by atoms with van der Waals surface area (Å²) in [4.78, 5) is 12.5. The van der Waals surface area contributed by atoms with Gasteiger partial charge in [0, 0.05) is 43.0 Å². The summed E-state index contributed by atoms with van der Waals surface area (Å²) in [7, 11) is 1.88. The molecule has 1 aliphatic rings. The third kappa shape index (κ3) is 3.09. The normalized spacial score (nSPS) is 21.4. The minimum Gasteiger partial charge on any atom is -0.326 e.